The zero-order chi connectivity index (χ0) is 9.52. The molecular weight excluding hydrogens is 164 g/mol. The largest absolute Gasteiger partial charge is 0.354 e. The average Bonchev–Trinajstić information content (AvgIpc) is 2.92. The van der Waals surface area contributed by atoms with Crippen molar-refractivity contribution in [1.82, 2.24) is 10.6 Å². The molecule has 0 aromatic heterocycles. The first-order valence-corrected chi connectivity index (χ1v) is 4.72. The van der Waals surface area contributed by atoms with Crippen LogP contribution in [0.4, 0.5) is 0 Å². The molecule has 0 aliphatic heterocycles. The second-order valence-electron chi connectivity index (χ2n) is 3.18. The van der Waals surface area contributed by atoms with E-state index in [0.29, 0.717) is 19.1 Å². The van der Waals surface area contributed by atoms with E-state index in [1.165, 1.54) is 12.8 Å². The fourth-order valence-corrected chi connectivity index (χ4v) is 0.976. The second kappa shape index (κ2) is 5.60. The van der Waals surface area contributed by atoms with Gasteiger partial charge < -0.3 is 10.6 Å². The predicted molar refractivity (Wildman–Crippen MR) is 52.1 cm³/mol. The Bertz CT molecular complexity index is 223. The molecule has 0 saturated heterocycles. The van der Waals surface area contributed by atoms with Crippen molar-refractivity contribution in [3.63, 3.8) is 0 Å². The smallest absolute Gasteiger partial charge is 0.233 e. The van der Waals surface area contributed by atoms with E-state index >= 15 is 0 Å². The lowest BCUT2D eigenvalue weighted by molar-refractivity contribution is -0.120. The predicted octanol–water partition coefficient (Wildman–Crippen LogP) is 0.268. The summed E-state index contributed by atoms with van der Waals surface area (Å²) >= 11 is 0. The molecule has 1 rings (SSSR count). The summed E-state index contributed by atoms with van der Waals surface area (Å²) in [7, 11) is 0. The van der Waals surface area contributed by atoms with Gasteiger partial charge in [-0.2, -0.15) is 0 Å². The molecule has 1 fully saturated rings. The van der Waals surface area contributed by atoms with E-state index in [4.69, 9.17) is 0 Å². The molecule has 0 unspecified atom stereocenters. The Hall–Kier alpha value is -1.01. The summed E-state index contributed by atoms with van der Waals surface area (Å²) in [6, 6.07) is 0.598. The van der Waals surface area contributed by atoms with Crippen molar-refractivity contribution in [2.24, 2.45) is 0 Å². The molecule has 1 aliphatic carbocycles. The number of carbonyl (C=O) groups excluding carboxylic acids is 1. The molecule has 1 saturated carbocycles. The normalized spacial score (nSPS) is 14.5. The van der Waals surface area contributed by atoms with Crippen LogP contribution in [0.1, 0.15) is 26.2 Å². The number of hydrogen-bond acceptors (Lipinski definition) is 2. The van der Waals surface area contributed by atoms with E-state index in [0.717, 1.165) is 6.42 Å². The molecule has 1 aliphatic rings. The van der Waals surface area contributed by atoms with Crippen LogP contribution in [0, 0.1) is 11.8 Å². The Labute approximate surface area is 79.3 Å². The third kappa shape index (κ3) is 5.26. The van der Waals surface area contributed by atoms with Crippen LogP contribution in [0.3, 0.4) is 0 Å². The van der Waals surface area contributed by atoms with E-state index in [9.17, 15) is 4.79 Å². The Morgan fingerprint density at radius 3 is 2.92 bits per heavy atom. The minimum absolute atomic E-state index is 0.0739. The van der Waals surface area contributed by atoms with Crippen LogP contribution < -0.4 is 10.6 Å². The van der Waals surface area contributed by atoms with Gasteiger partial charge in [-0.1, -0.05) is 0 Å². The molecule has 13 heavy (non-hydrogen) atoms. The molecule has 72 valence electrons. The van der Waals surface area contributed by atoms with Gasteiger partial charge in [0.05, 0.1) is 6.54 Å². The highest BCUT2D eigenvalue weighted by Crippen LogP contribution is 2.17. The van der Waals surface area contributed by atoms with Crippen LogP contribution in [-0.2, 0) is 4.79 Å². The quantitative estimate of drug-likeness (QED) is 0.471. The molecule has 3 heteroatoms. The number of amides is 1. The number of carbonyl (C=O) groups is 1. The van der Waals surface area contributed by atoms with Gasteiger partial charge in [0.25, 0.3) is 0 Å². The minimum Gasteiger partial charge on any atom is -0.354 e. The summed E-state index contributed by atoms with van der Waals surface area (Å²) in [4.78, 5) is 11.1. The molecule has 0 aromatic rings. The molecule has 0 atom stereocenters. The zero-order valence-electron chi connectivity index (χ0n) is 8.02. The second-order valence-corrected chi connectivity index (χ2v) is 3.18. The highest BCUT2D eigenvalue weighted by atomic mass is 16.1. The SMILES string of the molecule is CC#CCCNC(=O)CNC1CC1. The topological polar surface area (TPSA) is 41.1 Å². The molecule has 0 radical (unpaired) electrons. The Kier molecular flexibility index (Phi) is 4.34. The number of nitrogens with one attached hydrogen (secondary N) is 2. The summed E-state index contributed by atoms with van der Waals surface area (Å²) in [5, 5.41) is 5.95. The van der Waals surface area contributed by atoms with Gasteiger partial charge in [0.15, 0.2) is 0 Å². The van der Waals surface area contributed by atoms with Crippen LogP contribution in [0.2, 0.25) is 0 Å². The van der Waals surface area contributed by atoms with Crippen molar-refractivity contribution in [2.75, 3.05) is 13.1 Å². The van der Waals surface area contributed by atoms with E-state index in [1.807, 2.05) is 0 Å². The van der Waals surface area contributed by atoms with Gasteiger partial charge in [0.2, 0.25) is 5.91 Å². The molecule has 3 nitrogen and oxygen atoms in total. The van der Waals surface area contributed by atoms with Crippen LogP contribution >= 0.6 is 0 Å². The Morgan fingerprint density at radius 2 is 2.31 bits per heavy atom. The molecule has 0 bridgehead atoms. The van der Waals surface area contributed by atoms with Crippen LogP contribution in [-0.4, -0.2) is 25.0 Å². The molecule has 0 heterocycles. The number of hydrogen-bond donors (Lipinski definition) is 2. The Balaban J connectivity index is 1.92. The van der Waals surface area contributed by atoms with Crippen molar-refractivity contribution in [1.29, 1.82) is 0 Å². The van der Waals surface area contributed by atoms with Crippen molar-refractivity contribution in [2.45, 2.75) is 32.2 Å². The molecule has 2 N–H and O–H groups in total. The molecule has 0 spiro atoms. The van der Waals surface area contributed by atoms with Crippen LogP contribution in [0.15, 0.2) is 0 Å². The summed E-state index contributed by atoms with van der Waals surface area (Å²) < 4.78 is 0. The van der Waals surface area contributed by atoms with Gasteiger partial charge in [-0.25, -0.2) is 0 Å². The lowest BCUT2D eigenvalue weighted by Crippen LogP contribution is -2.35. The number of rotatable bonds is 5. The van der Waals surface area contributed by atoms with Crippen molar-refractivity contribution >= 4 is 5.91 Å². The van der Waals surface area contributed by atoms with Gasteiger partial charge in [0, 0.05) is 19.0 Å². The summed E-state index contributed by atoms with van der Waals surface area (Å²) in [5.41, 5.74) is 0. The monoisotopic (exact) mass is 180 g/mol. The third-order valence-corrected chi connectivity index (χ3v) is 1.88. The molecule has 1 amide bonds. The van der Waals surface area contributed by atoms with Gasteiger partial charge >= 0.3 is 0 Å². The highest BCUT2D eigenvalue weighted by molar-refractivity contribution is 5.78. The average molecular weight is 180 g/mol. The molecular formula is C10H16N2O. The van der Waals surface area contributed by atoms with E-state index in [2.05, 4.69) is 22.5 Å². The molecule has 0 aromatic carbocycles. The van der Waals surface area contributed by atoms with Crippen LogP contribution in [0.25, 0.3) is 0 Å². The Morgan fingerprint density at radius 1 is 1.54 bits per heavy atom. The van der Waals surface area contributed by atoms with Crippen molar-refractivity contribution in [3.8, 4) is 11.8 Å². The van der Waals surface area contributed by atoms with Gasteiger partial charge in [-0.05, 0) is 19.8 Å². The summed E-state index contributed by atoms with van der Waals surface area (Å²) in [6.07, 6.45) is 3.18. The maximum absolute atomic E-state index is 11.1. The fraction of sp³-hybridized carbons (Fsp3) is 0.700. The van der Waals surface area contributed by atoms with E-state index in [-0.39, 0.29) is 5.91 Å². The first-order valence-electron chi connectivity index (χ1n) is 4.72. The standard InChI is InChI=1S/C10H16N2O/c1-2-3-4-7-11-10(13)8-12-9-5-6-9/h9,12H,4-8H2,1H3,(H,11,13). The van der Waals surface area contributed by atoms with Crippen LogP contribution in [0.5, 0.6) is 0 Å². The van der Waals surface area contributed by atoms with E-state index < -0.39 is 0 Å². The summed E-state index contributed by atoms with van der Waals surface area (Å²) in [6.45, 7) is 2.91. The first kappa shape index (κ1) is 10.1. The lowest BCUT2D eigenvalue weighted by Gasteiger charge is -2.03. The fourth-order valence-electron chi connectivity index (χ4n) is 0.976. The van der Waals surface area contributed by atoms with Gasteiger partial charge in [-0.15, -0.1) is 11.8 Å². The van der Waals surface area contributed by atoms with Crippen molar-refractivity contribution < 1.29 is 4.79 Å². The summed E-state index contributed by atoms with van der Waals surface area (Å²) in [5.74, 6) is 5.75. The third-order valence-electron chi connectivity index (χ3n) is 1.88. The van der Waals surface area contributed by atoms with E-state index in [1.54, 1.807) is 6.92 Å². The minimum atomic E-state index is 0.0739. The maximum atomic E-state index is 11.1. The van der Waals surface area contributed by atoms with Gasteiger partial charge in [0.1, 0.15) is 0 Å². The lowest BCUT2D eigenvalue weighted by atomic mass is 10.4. The van der Waals surface area contributed by atoms with Gasteiger partial charge in [-0.3, -0.25) is 4.79 Å². The van der Waals surface area contributed by atoms with Crippen molar-refractivity contribution in [3.05, 3.63) is 0 Å². The maximum Gasteiger partial charge on any atom is 0.233 e. The first-order chi connectivity index (χ1) is 6.33. The highest BCUT2D eigenvalue weighted by Gasteiger charge is 2.20. The zero-order valence-corrected chi connectivity index (χ0v) is 8.02.